The molecule has 0 saturated heterocycles. The summed E-state index contributed by atoms with van der Waals surface area (Å²) in [6.45, 7) is 4.83. The molecule has 2 aliphatic heterocycles. The Kier molecular flexibility index (Phi) is 8.88. The third-order valence-corrected chi connectivity index (χ3v) is 10.4. The van der Waals surface area contributed by atoms with Gasteiger partial charge in [-0.15, -0.1) is 0 Å². The van der Waals surface area contributed by atoms with Crippen molar-refractivity contribution < 1.29 is 19.2 Å². The predicted molar refractivity (Wildman–Crippen MR) is 190 cm³/mol. The lowest BCUT2D eigenvalue weighted by Crippen LogP contribution is -2.41. The Morgan fingerprint density at radius 2 is 0.860 bits per heavy atom. The SMILES string of the molecule is CCCCCCCCN1C(=O)c2cnc3c4c(C#N)cc5c6c(cnc(c7c(C#N)cc(c2c37)C1=O)c64)C(=O)N(CCCCCCCC)C5=O. The fourth-order valence-electron chi connectivity index (χ4n) is 7.90. The summed E-state index contributed by atoms with van der Waals surface area (Å²) in [5.74, 6) is -1.83. The van der Waals surface area contributed by atoms with Crippen molar-refractivity contribution >= 4 is 67.0 Å². The molecule has 7 rings (SSSR count). The molecular weight excluding hydrogens is 628 g/mol. The Morgan fingerprint density at radius 1 is 0.500 bits per heavy atom. The summed E-state index contributed by atoms with van der Waals surface area (Å²) in [6.07, 6.45) is 14.9. The van der Waals surface area contributed by atoms with Gasteiger partial charge in [0.2, 0.25) is 0 Å². The van der Waals surface area contributed by atoms with Crippen LogP contribution in [0.5, 0.6) is 0 Å². The molecule has 2 aromatic heterocycles. The largest absolute Gasteiger partial charge is 0.274 e. The van der Waals surface area contributed by atoms with Gasteiger partial charge in [0.15, 0.2) is 0 Å². The van der Waals surface area contributed by atoms with Crippen LogP contribution in [-0.4, -0.2) is 56.5 Å². The smallest absolute Gasteiger partial charge is 0.262 e. The Balaban J connectivity index is 1.38. The number of aromatic nitrogens is 2. The van der Waals surface area contributed by atoms with E-state index in [1.165, 1.54) is 34.3 Å². The molecule has 0 aliphatic carbocycles. The number of carbonyl (C=O) groups is 4. The zero-order valence-corrected chi connectivity index (χ0v) is 28.5. The molecule has 4 amide bonds. The molecule has 2 aliphatic rings. The predicted octanol–water partition coefficient (Wildman–Crippen LogP) is 8.18. The van der Waals surface area contributed by atoms with Gasteiger partial charge in [-0.1, -0.05) is 78.1 Å². The second-order valence-electron chi connectivity index (χ2n) is 13.5. The van der Waals surface area contributed by atoms with Gasteiger partial charge in [0.25, 0.3) is 23.6 Å². The first-order chi connectivity index (χ1) is 24.4. The zero-order chi connectivity index (χ0) is 35.1. The molecule has 0 radical (unpaired) electrons. The van der Waals surface area contributed by atoms with Crippen molar-refractivity contribution in [3.63, 3.8) is 0 Å². The number of imide groups is 2. The summed E-state index contributed by atoms with van der Waals surface area (Å²) in [4.78, 5) is 67.6. The number of pyridine rings is 2. The fraction of sp³-hybridized carbons (Fsp3) is 0.400. The molecule has 10 nitrogen and oxygen atoms in total. The molecule has 252 valence electrons. The van der Waals surface area contributed by atoms with Crippen LogP contribution in [0.4, 0.5) is 0 Å². The lowest BCUT2D eigenvalue weighted by molar-refractivity contribution is 0.0592. The van der Waals surface area contributed by atoms with Gasteiger partial charge in [0, 0.05) is 57.8 Å². The van der Waals surface area contributed by atoms with E-state index in [1.54, 1.807) is 0 Å². The third-order valence-electron chi connectivity index (χ3n) is 10.4. The number of benzene rings is 3. The van der Waals surface area contributed by atoms with E-state index in [9.17, 15) is 29.7 Å². The monoisotopic (exact) mass is 666 g/mol. The summed E-state index contributed by atoms with van der Waals surface area (Å²) in [7, 11) is 0. The van der Waals surface area contributed by atoms with E-state index < -0.39 is 23.6 Å². The number of hydrogen-bond acceptors (Lipinski definition) is 8. The highest BCUT2D eigenvalue weighted by Crippen LogP contribution is 2.47. The zero-order valence-electron chi connectivity index (χ0n) is 28.5. The van der Waals surface area contributed by atoms with Gasteiger partial charge in [-0.25, -0.2) is 0 Å². The number of nitriles is 2. The van der Waals surface area contributed by atoms with E-state index in [2.05, 4.69) is 26.0 Å². The first-order valence-corrected chi connectivity index (χ1v) is 17.9. The molecule has 4 heterocycles. The molecule has 50 heavy (non-hydrogen) atoms. The highest BCUT2D eigenvalue weighted by atomic mass is 16.2. The molecule has 0 N–H and O–H groups in total. The molecule has 0 fully saturated rings. The highest BCUT2D eigenvalue weighted by molar-refractivity contribution is 6.41. The summed E-state index contributed by atoms with van der Waals surface area (Å²) < 4.78 is 0. The van der Waals surface area contributed by atoms with Gasteiger partial charge >= 0.3 is 0 Å². The van der Waals surface area contributed by atoms with Crippen LogP contribution < -0.4 is 0 Å². The van der Waals surface area contributed by atoms with E-state index in [0.29, 0.717) is 56.2 Å². The lowest BCUT2D eigenvalue weighted by atomic mass is 9.83. The van der Waals surface area contributed by atoms with Crippen molar-refractivity contribution in [2.45, 2.75) is 90.9 Å². The van der Waals surface area contributed by atoms with E-state index >= 15 is 0 Å². The quantitative estimate of drug-likeness (QED) is 0.0499. The second-order valence-corrected chi connectivity index (χ2v) is 13.5. The van der Waals surface area contributed by atoms with E-state index in [1.807, 2.05) is 0 Å². The van der Waals surface area contributed by atoms with Gasteiger partial charge < -0.3 is 0 Å². The summed E-state index contributed by atoms with van der Waals surface area (Å²) in [5, 5.41) is 23.2. The van der Waals surface area contributed by atoms with Crippen molar-refractivity contribution in [1.29, 1.82) is 10.5 Å². The molecule has 0 bridgehead atoms. The lowest BCUT2D eigenvalue weighted by Gasteiger charge is -2.30. The Hall–Kier alpha value is -5.48. The van der Waals surface area contributed by atoms with Crippen LogP contribution in [0, 0.1) is 22.7 Å². The summed E-state index contributed by atoms with van der Waals surface area (Å²) in [5.41, 5.74) is 1.89. The van der Waals surface area contributed by atoms with Crippen LogP contribution in [0.25, 0.3) is 43.4 Å². The summed E-state index contributed by atoms with van der Waals surface area (Å²) in [6, 6.07) is 7.49. The average molecular weight is 667 g/mol. The van der Waals surface area contributed by atoms with Crippen molar-refractivity contribution in [3.8, 4) is 12.1 Å². The maximum absolute atomic E-state index is 13.9. The Labute approximate surface area is 290 Å². The summed E-state index contributed by atoms with van der Waals surface area (Å²) >= 11 is 0. The third kappa shape index (κ3) is 5.05. The maximum Gasteiger partial charge on any atom is 0.262 e. The molecule has 0 spiro atoms. The maximum atomic E-state index is 13.9. The first-order valence-electron chi connectivity index (χ1n) is 17.9. The molecule has 0 saturated carbocycles. The van der Waals surface area contributed by atoms with Crippen LogP contribution >= 0.6 is 0 Å². The van der Waals surface area contributed by atoms with Gasteiger partial charge in [-0.2, -0.15) is 10.5 Å². The van der Waals surface area contributed by atoms with Crippen LogP contribution in [-0.2, 0) is 0 Å². The second kappa shape index (κ2) is 13.4. The number of unbranched alkanes of at least 4 members (excludes halogenated alkanes) is 10. The molecule has 10 heteroatoms. The molecule has 3 aromatic carbocycles. The van der Waals surface area contributed by atoms with Gasteiger partial charge in [0.1, 0.15) is 0 Å². The molecule has 5 aromatic rings. The van der Waals surface area contributed by atoms with Crippen molar-refractivity contribution in [3.05, 3.63) is 57.9 Å². The van der Waals surface area contributed by atoms with Crippen LogP contribution in [0.3, 0.4) is 0 Å². The highest BCUT2D eigenvalue weighted by Gasteiger charge is 2.39. The molecule has 0 unspecified atom stereocenters. The first kappa shape index (κ1) is 33.0. The normalized spacial score (nSPS) is 14.2. The minimum atomic E-state index is -0.470. The standard InChI is InChI=1S/C40H38N6O4/c1-3-5-7-9-11-13-15-45-37(47)25-17-23(19-41)29-33-31(25)27(39(45)49)21-43-35(33)30-24(20-42)18-26-32-28(22-44-36(29)34(30)32)40(50)46(38(26)48)16-14-12-10-8-6-4-2/h17-18,21-22H,3-16H2,1-2H3. The van der Waals surface area contributed by atoms with E-state index in [4.69, 9.17) is 9.97 Å². The van der Waals surface area contributed by atoms with E-state index in [0.717, 1.165) is 64.2 Å². The fourth-order valence-corrected chi connectivity index (χ4v) is 7.90. The van der Waals surface area contributed by atoms with Crippen LogP contribution in [0.15, 0.2) is 24.5 Å². The molecular formula is C40H38N6O4. The van der Waals surface area contributed by atoms with Crippen LogP contribution in [0.2, 0.25) is 0 Å². The number of nitrogens with zero attached hydrogens (tertiary/aromatic N) is 6. The number of carbonyl (C=O) groups excluding carboxylic acids is 4. The Bertz CT molecular complexity index is 2170. The number of rotatable bonds is 14. The number of amides is 4. The van der Waals surface area contributed by atoms with Gasteiger partial charge in [-0.3, -0.25) is 38.9 Å². The minimum Gasteiger partial charge on any atom is -0.274 e. The van der Waals surface area contributed by atoms with Crippen molar-refractivity contribution in [2.24, 2.45) is 0 Å². The van der Waals surface area contributed by atoms with E-state index in [-0.39, 0.29) is 46.5 Å². The van der Waals surface area contributed by atoms with Crippen molar-refractivity contribution in [1.82, 2.24) is 19.8 Å². The topological polar surface area (TPSA) is 148 Å². The minimum absolute atomic E-state index is 0.158. The van der Waals surface area contributed by atoms with Gasteiger partial charge in [0.05, 0.1) is 56.6 Å². The Morgan fingerprint density at radius 3 is 1.24 bits per heavy atom. The van der Waals surface area contributed by atoms with Gasteiger partial charge in [-0.05, 0) is 25.0 Å². The number of hydrogen-bond donors (Lipinski definition) is 0. The molecule has 0 atom stereocenters. The van der Waals surface area contributed by atoms with Crippen LogP contribution in [0.1, 0.15) is 143 Å². The van der Waals surface area contributed by atoms with Crippen molar-refractivity contribution in [2.75, 3.05) is 13.1 Å². The number of fused-ring (bicyclic) bond motifs is 2. The average Bonchev–Trinajstić information content (AvgIpc) is 3.13.